The maximum atomic E-state index is 11.5. The highest BCUT2D eigenvalue weighted by molar-refractivity contribution is 5.92. The van der Waals surface area contributed by atoms with Crippen LogP contribution in [0, 0.1) is 0 Å². The summed E-state index contributed by atoms with van der Waals surface area (Å²) in [5.41, 5.74) is 3.28. The summed E-state index contributed by atoms with van der Waals surface area (Å²) < 4.78 is 4.98. The second-order valence-electron chi connectivity index (χ2n) is 4.66. The fraction of sp³-hybridized carbons (Fsp3) is 0.214. The normalized spacial score (nSPS) is 15.9. The van der Waals surface area contributed by atoms with Gasteiger partial charge in [0.15, 0.2) is 0 Å². The van der Waals surface area contributed by atoms with E-state index in [9.17, 15) is 9.90 Å². The van der Waals surface area contributed by atoms with Gasteiger partial charge in [-0.15, -0.1) is 0 Å². The number of fused-ring (bicyclic) bond motifs is 1. The van der Waals surface area contributed by atoms with Crippen LogP contribution in [0.5, 0.6) is 0 Å². The van der Waals surface area contributed by atoms with Gasteiger partial charge in [0.2, 0.25) is 0 Å². The maximum absolute atomic E-state index is 11.5. The Morgan fingerprint density at radius 1 is 1.37 bits per heavy atom. The molecule has 19 heavy (non-hydrogen) atoms. The first-order chi connectivity index (χ1) is 9.15. The first-order valence-corrected chi connectivity index (χ1v) is 6.00. The number of urea groups is 1. The number of hydrogen-bond donors (Lipinski definition) is 2. The average molecular weight is 258 g/mol. The molecule has 2 N–H and O–H groups in total. The van der Waals surface area contributed by atoms with Crippen molar-refractivity contribution in [2.45, 2.75) is 12.6 Å². The van der Waals surface area contributed by atoms with E-state index in [4.69, 9.17) is 4.42 Å². The number of amides is 2. The fourth-order valence-corrected chi connectivity index (χ4v) is 2.20. The number of hydrogen-bond acceptors (Lipinski definition) is 3. The molecule has 1 unspecified atom stereocenters. The molecule has 0 radical (unpaired) electrons. The van der Waals surface area contributed by atoms with Crippen LogP contribution in [0.15, 0.2) is 41.2 Å². The standard InChI is InChI=1S/C14H14N2O3/c1-16-7-11-6-9(2-3-12(11)15-14(16)18)13(17)10-4-5-19-8-10/h2-6,8,13,17H,7H2,1H3,(H,15,18). The third-order valence-corrected chi connectivity index (χ3v) is 3.30. The summed E-state index contributed by atoms with van der Waals surface area (Å²) >= 11 is 0. The second-order valence-corrected chi connectivity index (χ2v) is 4.66. The Morgan fingerprint density at radius 3 is 2.95 bits per heavy atom. The number of aliphatic hydroxyl groups excluding tert-OH is 1. The summed E-state index contributed by atoms with van der Waals surface area (Å²) in [6, 6.07) is 7.15. The molecule has 1 aromatic heterocycles. The number of carbonyl (C=O) groups excluding carboxylic acids is 1. The Morgan fingerprint density at radius 2 is 2.21 bits per heavy atom. The van der Waals surface area contributed by atoms with E-state index in [1.54, 1.807) is 18.0 Å². The number of furan rings is 1. The molecule has 1 aliphatic heterocycles. The van der Waals surface area contributed by atoms with Crippen molar-refractivity contribution in [1.82, 2.24) is 4.90 Å². The van der Waals surface area contributed by atoms with Gasteiger partial charge in [-0.1, -0.05) is 6.07 Å². The van der Waals surface area contributed by atoms with E-state index in [0.29, 0.717) is 12.1 Å². The average Bonchev–Trinajstić information content (AvgIpc) is 2.93. The number of anilines is 1. The van der Waals surface area contributed by atoms with Crippen LogP contribution < -0.4 is 5.32 Å². The highest BCUT2D eigenvalue weighted by Gasteiger charge is 2.21. The summed E-state index contributed by atoms with van der Waals surface area (Å²) in [4.78, 5) is 13.1. The highest BCUT2D eigenvalue weighted by atomic mass is 16.3. The Kier molecular flexibility index (Phi) is 2.76. The molecule has 5 nitrogen and oxygen atoms in total. The Bertz CT molecular complexity index is 607. The van der Waals surface area contributed by atoms with Crippen LogP contribution in [0.4, 0.5) is 10.5 Å². The largest absolute Gasteiger partial charge is 0.472 e. The predicted octanol–water partition coefficient (Wildman–Crippen LogP) is 2.34. The molecular formula is C14H14N2O3. The summed E-state index contributed by atoms with van der Waals surface area (Å²) in [6.07, 6.45) is 2.34. The van der Waals surface area contributed by atoms with Crippen LogP contribution >= 0.6 is 0 Å². The number of benzene rings is 1. The predicted molar refractivity (Wildman–Crippen MR) is 69.7 cm³/mol. The number of aliphatic hydroxyl groups is 1. The first kappa shape index (κ1) is 11.8. The molecule has 0 aliphatic carbocycles. The minimum absolute atomic E-state index is 0.115. The van der Waals surface area contributed by atoms with Crippen molar-refractivity contribution in [3.8, 4) is 0 Å². The van der Waals surface area contributed by atoms with Gasteiger partial charge in [-0.05, 0) is 29.3 Å². The third kappa shape index (κ3) is 2.08. The zero-order valence-corrected chi connectivity index (χ0v) is 10.5. The number of rotatable bonds is 2. The van der Waals surface area contributed by atoms with E-state index >= 15 is 0 Å². The lowest BCUT2D eigenvalue weighted by Gasteiger charge is -2.26. The molecule has 5 heteroatoms. The van der Waals surface area contributed by atoms with Crippen molar-refractivity contribution >= 4 is 11.7 Å². The Hall–Kier alpha value is -2.27. The van der Waals surface area contributed by atoms with Crippen LogP contribution in [-0.4, -0.2) is 23.1 Å². The Balaban J connectivity index is 1.93. The monoisotopic (exact) mass is 258 g/mol. The number of carbonyl (C=O) groups is 1. The lowest BCUT2D eigenvalue weighted by Crippen LogP contribution is -2.35. The van der Waals surface area contributed by atoms with Crippen LogP contribution in [0.2, 0.25) is 0 Å². The molecule has 2 heterocycles. The molecular weight excluding hydrogens is 244 g/mol. The van der Waals surface area contributed by atoms with Gasteiger partial charge in [0, 0.05) is 24.8 Å². The molecule has 0 spiro atoms. The molecule has 98 valence electrons. The van der Waals surface area contributed by atoms with Gasteiger partial charge >= 0.3 is 6.03 Å². The Labute approximate surface area is 110 Å². The highest BCUT2D eigenvalue weighted by Crippen LogP contribution is 2.29. The topological polar surface area (TPSA) is 65.7 Å². The van der Waals surface area contributed by atoms with Crippen LogP contribution in [0.25, 0.3) is 0 Å². The van der Waals surface area contributed by atoms with Gasteiger partial charge in [-0.25, -0.2) is 4.79 Å². The van der Waals surface area contributed by atoms with Gasteiger partial charge in [0.25, 0.3) is 0 Å². The van der Waals surface area contributed by atoms with Crippen molar-refractivity contribution < 1.29 is 14.3 Å². The van der Waals surface area contributed by atoms with Crippen LogP contribution in [-0.2, 0) is 6.54 Å². The molecule has 0 bridgehead atoms. The zero-order valence-electron chi connectivity index (χ0n) is 10.5. The third-order valence-electron chi connectivity index (χ3n) is 3.30. The van der Waals surface area contributed by atoms with Crippen molar-refractivity contribution in [3.05, 3.63) is 53.5 Å². The number of nitrogens with one attached hydrogen (secondary N) is 1. The molecule has 0 saturated heterocycles. The van der Waals surface area contributed by atoms with E-state index in [1.165, 1.54) is 12.5 Å². The summed E-state index contributed by atoms with van der Waals surface area (Å²) in [7, 11) is 1.73. The molecule has 2 amide bonds. The molecule has 1 aliphatic rings. The minimum atomic E-state index is -0.716. The van der Waals surface area contributed by atoms with Crippen molar-refractivity contribution in [2.24, 2.45) is 0 Å². The molecule has 1 aromatic carbocycles. The first-order valence-electron chi connectivity index (χ1n) is 6.00. The fourth-order valence-electron chi connectivity index (χ4n) is 2.20. The van der Waals surface area contributed by atoms with E-state index in [1.807, 2.05) is 18.2 Å². The van der Waals surface area contributed by atoms with Crippen molar-refractivity contribution in [3.63, 3.8) is 0 Å². The summed E-state index contributed by atoms with van der Waals surface area (Å²) in [5.74, 6) is 0. The van der Waals surface area contributed by atoms with Gasteiger partial charge in [-0.2, -0.15) is 0 Å². The van der Waals surface area contributed by atoms with Gasteiger partial charge in [0.1, 0.15) is 6.10 Å². The second kappa shape index (κ2) is 4.44. The maximum Gasteiger partial charge on any atom is 0.321 e. The van der Waals surface area contributed by atoms with E-state index < -0.39 is 6.10 Å². The number of nitrogens with zero attached hydrogens (tertiary/aromatic N) is 1. The minimum Gasteiger partial charge on any atom is -0.472 e. The van der Waals surface area contributed by atoms with Crippen molar-refractivity contribution in [1.29, 1.82) is 0 Å². The van der Waals surface area contributed by atoms with Crippen molar-refractivity contribution in [2.75, 3.05) is 12.4 Å². The van der Waals surface area contributed by atoms with E-state index in [0.717, 1.165) is 16.8 Å². The van der Waals surface area contributed by atoms with Gasteiger partial charge in [0.05, 0.1) is 12.5 Å². The van der Waals surface area contributed by atoms with E-state index in [2.05, 4.69) is 5.32 Å². The van der Waals surface area contributed by atoms with Crippen LogP contribution in [0.3, 0.4) is 0 Å². The van der Waals surface area contributed by atoms with E-state index in [-0.39, 0.29) is 6.03 Å². The smallest absolute Gasteiger partial charge is 0.321 e. The van der Waals surface area contributed by atoms with Gasteiger partial charge < -0.3 is 19.7 Å². The summed E-state index contributed by atoms with van der Waals surface area (Å²) in [6.45, 7) is 0.535. The lowest BCUT2D eigenvalue weighted by molar-refractivity contribution is 0.216. The lowest BCUT2D eigenvalue weighted by atomic mass is 10.00. The molecule has 1 atom stereocenters. The molecule has 3 rings (SSSR count). The molecule has 2 aromatic rings. The quantitative estimate of drug-likeness (QED) is 0.868. The molecule has 0 fully saturated rings. The van der Waals surface area contributed by atoms with Crippen LogP contribution in [0.1, 0.15) is 22.8 Å². The van der Waals surface area contributed by atoms with Gasteiger partial charge in [-0.3, -0.25) is 0 Å². The summed E-state index contributed by atoms with van der Waals surface area (Å²) in [5, 5.41) is 13.0. The zero-order chi connectivity index (χ0) is 13.4. The SMILES string of the molecule is CN1Cc2cc(C(O)c3ccoc3)ccc2NC1=O. The molecule has 0 saturated carbocycles.